The van der Waals surface area contributed by atoms with E-state index in [1.165, 1.54) is 11.1 Å². The van der Waals surface area contributed by atoms with Crippen molar-refractivity contribution in [3.05, 3.63) is 59.7 Å². The van der Waals surface area contributed by atoms with Crippen LogP contribution in [0.4, 0.5) is 4.79 Å². The van der Waals surface area contributed by atoms with E-state index in [2.05, 4.69) is 34.9 Å². The third kappa shape index (κ3) is 5.41. The molecule has 0 spiro atoms. The number of hydrogen-bond donors (Lipinski definition) is 3. The van der Waals surface area contributed by atoms with E-state index in [-0.39, 0.29) is 37.2 Å². The molecule has 1 saturated carbocycles. The van der Waals surface area contributed by atoms with Crippen LogP contribution < -0.4 is 10.6 Å². The third-order valence-electron chi connectivity index (χ3n) is 7.02. The monoisotopic (exact) mass is 464 g/mol. The van der Waals surface area contributed by atoms with Crippen LogP contribution in [0, 0.1) is 5.92 Å². The van der Waals surface area contributed by atoms with Gasteiger partial charge in [-0.3, -0.25) is 9.59 Å². The van der Waals surface area contributed by atoms with E-state index in [1.807, 2.05) is 31.2 Å². The maximum absolute atomic E-state index is 12.7. The van der Waals surface area contributed by atoms with Crippen LogP contribution in [0.15, 0.2) is 48.5 Å². The van der Waals surface area contributed by atoms with Crippen LogP contribution in [-0.4, -0.2) is 41.8 Å². The number of amides is 2. The molecule has 0 saturated heterocycles. The number of nitrogens with one attached hydrogen (secondary N) is 2. The number of carbonyl (C=O) groups is 3. The molecule has 2 aliphatic carbocycles. The lowest BCUT2D eigenvalue weighted by Crippen LogP contribution is -2.56. The predicted molar refractivity (Wildman–Crippen MR) is 128 cm³/mol. The first-order chi connectivity index (χ1) is 16.4. The molecule has 2 amide bonds. The van der Waals surface area contributed by atoms with Crippen molar-refractivity contribution in [3.8, 4) is 11.1 Å². The molecule has 1 unspecified atom stereocenters. The Morgan fingerprint density at radius 2 is 1.68 bits per heavy atom. The van der Waals surface area contributed by atoms with Gasteiger partial charge in [-0.25, -0.2) is 4.79 Å². The molecule has 1 fully saturated rings. The molecule has 7 nitrogen and oxygen atoms in total. The smallest absolute Gasteiger partial charge is 0.407 e. The molecule has 0 heterocycles. The Hall–Kier alpha value is -3.35. The van der Waals surface area contributed by atoms with Crippen LogP contribution in [0.25, 0.3) is 11.1 Å². The molecule has 0 aromatic heterocycles. The van der Waals surface area contributed by atoms with Gasteiger partial charge in [-0.15, -0.1) is 0 Å². The summed E-state index contributed by atoms with van der Waals surface area (Å²) < 4.78 is 5.67. The summed E-state index contributed by atoms with van der Waals surface area (Å²) in [4.78, 5) is 35.9. The van der Waals surface area contributed by atoms with E-state index in [9.17, 15) is 14.4 Å². The van der Waals surface area contributed by atoms with Crippen LogP contribution in [0.3, 0.4) is 0 Å². The van der Waals surface area contributed by atoms with Crippen molar-refractivity contribution >= 4 is 18.0 Å². The average Bonchev–Trinajstić information content (AvgIpc) is 3.12. The number of alkyl carbamates (subject to hydrolysis) is 1. The van der Waals surface area contributed by atoms with E-state index in [1.54, 1.807) is 0 Å². The average molecular weight is 465 g/mol. The van der Waals surface area contributed by atoms with Gasteiger partial charge in [0.1, 0.15) is 6.61 Å². The van der Waals surface area contributed by atoms with Gasteiger partial charge in [-0.1, -0.05) is 55.5 Å². The van der Waals surface area contributed by atoms with Crippen molar-refractivity contribution in [2.75, 3.05) is 13.2 Å². The Morgan fingerprint density at radius 3 is 2.24 bits per heavy atom. The normalized spacial score (nSPS) is 16.5. The lowest BCUT2D eigenvalue weighted by molar-refractivity contribution is -0.137. The number of rotatable bonds is 10. The van der Waals surface area contributed by atoms with Crippen molar-refractivity contribution < 1.29 is 24.2 Å². The highest BCUT2D eigenvalue weighted by molar-refractivity contribution is 5.80. The number of ether oxygens (including phenoxy) is 1. The fourth-order valence-corrected chi connectivity index (χ4v) is 4.93. The first-order valence-electron chi connectivity index (χ1n) is 12.0. The van der Waals surface area contributed by atoms with Crippen molar-refractivity contribution in [3.63, 3.8) is 0 Å². The van der Waals surface area contributed by atoms with E-state index < -0.39 is 17.6 Å². The number of hydrogen-bond acceptors (Lipinski definition) is 4. The number of aliphatic carboxylic acids is 1. The number of carboxylic acid groups (broad SMARTS) is 1. The molecule has 2 aliphatic rings. The summed E-state index contributed by atoms with van der Waals surface area (Å²) in [6, 6.07) is 16.4. The van der Waals surface area contributed by atoms with Gasteiger partial charge in [0, 0.05) is 25.3 Å². The SMILES string of the molecule is CC(CCC(=O)O)CNC(=O)CC1(NC(=O)OCC2c3ccccc3-c3ccccc32)CCC1. The highest BCUT2D eigenvalue weighted by Crippen LogP contribution is 2.44. The minimum Gasteiger partial charge on any atom is -0.481 e. The Bertz CT molecular complexity index is 1020. The molecule has 34 heavy (non-hydrogen) atoms. The largest absolute Gasteiger partial charge is 0.481 e. The van der Waals surface area contributed by atoms with Crippen molar-refractivity contribution in [2.24, 2.45) is 5.92 Å². The second kappa shape index (κ2) is 10.3. The molecular weight excluding hydrogens is 432 g/mol. The summed E-state index contributed by atoms with van der Waals surface area (Å²) in [5.41, 5.74) is 4.10. The maximum Gasteiger partial charge on any atom is 0.407 e. The first kappa shape index (κ1) is 23.8. The zero-order valence-electron chi connectivity index (χ0n) is 19.5. The summed E-state index contributed by atoms with van der Waals surface area (Å²) in [5, 5.41) is 14.6. The maximum atomic E-state index is 12.7. The summed E-state index contributed by atoms with van der Waals surface area (Å²) in [6.45, 7) is 2.58. The molecule has 2 aromatic carbocycles. The van der Waals surface area contributed by atoms with Crippen LogP contribution in [0.2, 0.25) is 0 Å². The molecule has 0 aliphatic heterocycles. The summed E-state index contributed by atoms with van der Waals surface area (Å²) >= 11 is 0. The van der Waals surface area contributed by atoms with E-state index in [0.29, 0.717) is 13.0 Å². The highest BCUT2D eigenvalue weighted by atomic mass is 16.5. The van der Waals surface area contributed by atoms with Crippen LogP contribution >= 0.6 is 0 Å². The minimum absolute atomic E-state index is 0.00826. The molecule has 0 radical (unpaired) electrons. The van der Waals surface area contributed by atoms with Gasteiger partial charge in [0.2, 0.25) is 5.91 Å². The molecular formula is C27H32N2O5. The number of carboxylic acids is 1. The van der Waals surface area contributed by atoms with Crippen LogP contribution in [0.1, 0.15) is 62.5 Å². The van der Waals surface area contributed by atoms with Gasteiger partial charge < -0.3 is 20.5 Å². The molecule has 1 atom stereocenters. The molecule has 0 bridgehead atoms. The minimum atomic E-state index is -0.834. The molecule has 180 valence electrons. The Labute approximate surface area is 199 Å². The zero-order valence-corrected chi connectivity index (χ0v) is 19.5. The second-order valence-electron chi connectivity index (χ2n) is 9.60. The first-order valence-corrected chi connectivity index (χ1v) is 12.0. The molecule has 4 rings (SSSR count). The molecule has 3 N–H and O–H groups in total. The molecule has 7 heteroatoms. The van der Waals surface area contributed by atoms with Gasteiger partial charge in [0.15, 0.2) is 0 Å². The third-order valence-corrected chi connectivity index (χ3v) is 7.02. The van der Waals surface area contributed by atoms with Crippen LogP contribution in [-0.2, 0) is 14.3 Å². The topological polar surface area (TPSA) is 105 Å². The van der Waals surface area contributed by atoms with Gasteiger partial charge in [0.25, 0.3) is 0 Å². The number of fused-ring (bicyclic) bond motifs is 3. The van der Waals surface area contributed by atoms with Crippen molar-refractivity contribution in [1.82, 2.24) is 10.6 Å². The van der Waals surface area contributed by atoms with Gasteiger partial charge in [-0.2, -0.15) is 0 Å². The van der Waals surface area contributed by atoms with Crippen LogP contribution in [0.5, 0.6) is 0 Å². The lowest BCUT2D eigenvalue weighted by atomic mass is 9.74. The summed E-state index contributed by atoms with van der Waals surface area (Å²) in [5.74, 6) is -0.904. The van der Waals surface area contributed by atoms with E-state index >= 15 is 0 Å². The fourth-order valence-electron chi connectivity index (χ4n) is 4.93. The van der Waals surface area contributed by atoms with Gasteiger partial charge >= 0.3 is 12.1 Å². The van der Waals surface area contributed by atoms with Gasteiger partial charge in [0.05, 0.1) is 5.54 Å². The number of benzene rings is 2. The standard InChI is InChI=1S/C27H32N2O5/c1-18(11-12-25(31)32)16-28-24(30)15-27(13-6-14-27)29-26(33)34-17-23-21-9-4-2-7-19(21)20-8-3-5-10-22(20)23/h2-5,7-10,18,23H,6,11-17H2,1H3,(H,28,30)(H,29,33)(H,31,32). The van der Waals surface area contributed by atoms with Crippen molar-refractivity contribution in [1.29, 1.82) is 0 Å². The van der Waals surface area contributed by atoms with E-state index in [0.717, 1.165) is 30.4 Å². The highest BCUT2D eigenvalue weighted by Gasteiger charge is 2.41. The Kier molecular flexibility index (Phi) is 7.20. The fraction of sp³-hybridized carbons (Fsp3) is 0.444. The quantitative estimate of drug-likeness (QED) is 0.482. The Morgan fingerprint density at radius 1 is 1.06 bits per heavy atom. The second-order valence-corrected chi connectivity index (χ2v) is 9.60. The summed E-state index contributed by atoms with van der Waals surface area (Å²) in [6.07, 6.45) is 2.72. The zero-order chi connectivity index (χ0) is 24.1. The number of carbonyl (C=O) groups excluding carboxylic acids is 2. The van der Waals surface area contributed by atoms with Crippen molar-refractivity contribution in [2.45, 2.75) is 56.9 Å². The van der Waals surface area contributed by atoms with Gasteiger partial charge in [-0.05, 0) is 53.9 Å². The summed E-state index contributed by atoms with van der Waals surface area (Å²) in [7, 11) is 0. The predicted octanol–water partition coefficient (Wildman–Crippen LogP) is 4.46. The Balaban J connectivity index is 1.29. The lowest BCUT2D eigenvalue weighted by Gasteiger charge is -2.41. The molecule has 2 aromatic rings. The van der Waals surface area contributed by atoms with E-state index in [4.69, 9.17) is 9.84 Å².